The Balaban J connectivity index is 3.40. The lowest BCUT2D eigenvalue weighted by Gasteiger charge is -2.15. The summed E-state index contributed by atoms with van der Waals surface area (Å²) in [5, 5.41) is 19.5. The molecule has 20 heavy (non-hydrogen) atoms. The molecule has 1 aromatic rings. The molecule has 0 heterocycles. The van der Waals surface area contributed by atoms with Crippen LogP contribution in [-0.2, 0) is 14.8 Å². The summed E-state index contributed by atoms with van der Waals surface area (Å²) >= 11 is 3.05. The summed E-state index contributed by atoms with van der Waals surface area (Å²) in [4.78, 5) is 20.4. The van der Waals surface area contributed by atoms with Crippen molar-refractivity contribution in [3.63, 3.8) is 0 Å². The molecular formula is C10H11BrN2O6S. The quantitative estimate of drug-likeness (QED) is 0.620. The zero-order valence-corrected chi connectivity index (χ0v) is 12.9. The summed E-state index contributed by atoms with van der Waals surface area (Å²) in [6.07, 6.45) is 0. The molecule has 1 N–H and O–H groups in total. The number of nitro benzene ring substituents is 1. The number of hydrogen-bond acceptors (Lipinski definition) is 5. The van der Waals surface area contributed by atoms with E-state index in [1.165, 1.54) is 13.0 Å². The number of benzene rings is 1. The Hall–Kier alpha value is -1.52. The van der Waals surface area contributed by atoms with Crippen LogP contribution in [0.15, 0.2) is 21.5 Å². The Labute approximate surface area is 123 Å². The van der Waals surface area contributed by atoms with Crippen LogP contribution >= 0.6 is 15.9 Å². The van der Waals surface area contributed by atoms with Gasteiger partial charge in [-0.3, -0.25) is 14.9 Å². The number of carbonyl (C=O) groups is 1. The molecule has 0 saturated carbocycles. The van der Waals surface area contributed by atoms with Gasteiger partial charge in [-0.1, -0.05) is 15.9 Å². The molecule has 0 saturated heterocycles. The van der Waals surface area contributed by atoms with Crippen molar-refractivity contribution in [2.45, 2.75) is 11.8 Å². The first-order chi connectivity index (χ1) is 9.07. The maximum absolute atomic E-state index is 12.1. The smallest absolute Gasteiger partial charge is 0.318 e. The molecule has 1 aromatic carbocycles. The topological polar surface area (TPSA) is 118 Å². The zero-order chi connectivity index (χ0) is 15.7. The number of aliphatic carboxylic acids is 1. The summed E-state index contributed by atoms with van der Waals surface area (Å²) < 4.78 is 25.1. The lowest BCUT2D eigenvalue weighted by atomic mass is 10.2. The van der Waals surface area contributed by atoms with Crippen molar-refractivity contribution < 1.29 is 23.2 Å². The summed E-state index contributed by atoms with van der Waals surface area (Å²) in [7, 11) is -3.02. The van der Waals surface area contributed by atoms with E-state index in [1.54, 1.807) is 0 Å². The van der Waals surface area contributed by atoms with E-state index in [2.05, 4.69) is 15.9 Å². The third kappa shape index (κ3) is 3.32. The van der Waals surface area contributed by atoms with Gasteiger partial charge in [-0.2, -0.15) is 4.31 Å². The molecule has 0 aromatic heterocycles. The van der Waals surface area contributed by atoms with Crippen LogP contribution in [0.5, 0.6) is 0 Å². The number of nitro groups is 1. The van der Waals surface area contributed by atoms with E-state index >= 15 is 0 Å². The van der Waals surface area contributed by atoms with Crippen molar-refractivity contribution in [2.75, 3.05) is 13.6 Å². The van der Waals surface area contributed by atoms with E-state index in [0.29, 0.717) is 4.31 Å². The zero-order valence-electron chi connectivity index (χ0n) is 10.5. The van der Waals surface area contributed by atoms with Crippen molar-refractivity contribution >= 4 is 37.6 Å². The Kier molecular flexibility index (Phi) is 4.84. The van der Waals surface area contributed by atoms with Gasteiger partial charge in [-0.05, 0) is 13.0 Å². The van der Waals surface area contributed by atoms with E-state index in [9.17, 15) is 23.3 Å². The van der Waals surface area contributed by atoms with Gasteiger partial charge in [-0.15, -0.1) is 0 Å². The fraction of sp³-hybridized carbons (Fsp3) is 0.300. The summed E-state index contributed by atoms with van der Waals surface area (Å²) in [5.74, 6) is -1.32. The van der Waals surface area contributed by atoms with E-state index in [0.717, 1.165) is 13.1 Å². The Morgan fingerprint density at radius 3 is 2.50 bits per heavy atom. The third-order valence-electron chi connectivity index (χ3n) is 2.55. The summed E-state index contributed by atoms with van der Waals surface area (Å²) in [6, 6.07) is 2.11. The molecule has 0 aliphatic rings. The molecule has 0 amide bonds. The van der Waals surface area contributed by atoms with Gasteiger partial charge in [0.1, 0.15) is 6.54 Å². The van der Waals surface area contributed by atoms with Crippen molar-refractivity contribution in [2.24, 2.45) is 0 Å². The highest BCUT2D eigenvalue weighted by Gasteiger charge is 2.27. The normalized spacial score (nSPS) is 11.6. The van der Waals surface area contributed by atoms with Crippen molar-refractivity contribution in [3.05, 3.63) is 32.3 Å². The Morgan fingerprint density at radius 2 is 2.05 bits per heavy atom. The van der Waals surface area contributed by atoms with Gasteiger partial charge >= 0.3 is 5.97 Å². The van der Waals surface area contributed by atoms with Crippen LogP contribution in [0.2, 0.25) is 0 Å². The van der Waals surface area contributed by atoms with Gasteiger partial charge in [0.2, 0.25) is 10.0 Å². The lowest BCUT2D eigenvalue weighted by molar-refractivity contribution is -0.385. The number of hydrogen-bond donors (Lipinski definition) is 1. The SMILES string of the molecule is Cc1c(Br)cc(S(=O)(=O)N(C)CC(=O)O)cc1[N+](=O)[O-]. The number of carboxylic acid groups (broad SMARTS) is 1. The molecule has 0 spiro atoms. The number of sulfonamides is 1. The minimum absolute atomic E-state index is 0.258. The number of likely N-dealkylation sites (N-methyl/N-ethyl adjacent to an activating group) is 1. The number of rotatable bonds is 5. The average Bonchev–Trinajstić information content (AvgIpc) is 2.30. The van der Waals surface area contributed by atoms with Crippen molar-refractivity contribution in [3.8, 4) is 0 Å². The van der Waals surface area contributed by atoms with Crippen LogP contribution in [-0.4, -0.2) is 42.3 Å². The van der Waals surface area contributed by atoms with E-state index < -0.39 is 27.5 Å². The largest absolute Gasteiger partial charge is 0.480 e. The molecule has 110 valence electrons. The second-order valence-electron chi connectivity index (χ2n) is 3.96. The van der Waals surface area contributed by atoms with Crippen molar-refractivity contribution in [1.29, 1.82) is 0 Å². The molecule has 8 nitrogen and oxygen atoms in total. The molecule has 0 aliphatic heterocycles. The van der Waals surface area contributed by atoms with Gasteiger partial charge < -0.3 is 5.11 Å². The number of carboxylic acids is 1. The molecule has 0 atom stereocenters. The number of nitrogens with zero attached hydrogens (tertiary/aromatic N) is 2. The highest BCUT2D eigenvalue weighted by atomic mass is 79.9. The van der Waals surface area contributed by atoms with Crippen LogP contribution in [0.4, 0.5) is 5.69 Å². The molecule has 1 rings (SSSR count). The molecule has 0 bridgehead atoms. The predicted molar refractivity (Wildman–Crippen MR) is 73.0 cm³/mol. The maximum Gasteiger partial charge on any atom is 0.318 e. The van der Waals surface area contributed by atoms with Crippen LogP contribution in [0.3, 0.4) is 0 Å². The van der Waals surface area contributed by atoms with E-state index in [-0.39, 0.29) is 20.6 Å². The second-order valence-corrected chi connectivity index (χ2v) is 6.86. The van der Waals surface area contributed by atoms with Gasteiger partial charge in [-0.25, -0.2) is 8.42 Å². The molecule has 0 unspecified atom stereocenters. The highest BCUT2D eigenvalue weighted by Crippen LogP contribution is 2.30. The Morgan fingerprint density at radius 1 is 1.50 bits per heavy atom. The lowest BCUT2D eigenvalue weighted by Crippen LogP contribution is -2.32. The fourth-order valence-electron chi connectivity index (χ4n) is 1.43. The van der Waals surface area contributed by atoms with Gasteiger partial charge in [0, 0.05) is 23.2 Å². The third-order valence-corrected chi connectivity index (χ3v) is 5.16. The minimum atomic E-state index is -4.11. The first-order valence-electron chi connectivity index (χ1n) is 5.20. The molecule has 10 heteroatoms. The van der Waals surface area contributed by atoms with Crippen LogP contribution < -0.4 is 0 Å². The monoisotopic (exact) mass is 366 g/mol. The maximum atomic E-state index is 12.1. The average molecular weight is 367 g/mol. The van der Waals surface area contributed by atoms with Gasteiger partial charge in [0.15, 0.2) is 0 Å². The van der Waals surface area contributed by atoms with Crippen LogP contribution in [0.1, 0.15) is 5.56 Å². The second kappa shape index (κ2) is 5.85. The summed E-state index contributed by atoms with van der Waals surface area (Å²) in [5.41, 5.74) is -0.0727. The minimum Gasteiger partial charge on any atom is -0.480 e. The van der Waals surface area contributed by atoms with E-state index in [1.807, 2.05) is 0 Å². The van der Waals surface area contributed by atoms with Crippen LogP contribution in [0, 0.1) is 17.0 Å². The molecule has 0 radical (unpaired) electrons. The van der Waals surface area contributed by atoms with Gasteiger partial charge in [0.25, 0.3) is 5.69 Å². The Bertz CT molecular complexity index is 673. The summed E-state index contributed by atoms with van der Waals surface area (Å²) in [6.45, 7) is 0.737. The van der Waals surface area contributed by atoms with E-state index in [4.69, 9.17) is 5.11 Å². The fourth-order valence-corrected chi connectivity index (χ4v) is 3.20. The van der Waals surface area contributed by atoms with Crippen LogP contribution in [0.25, 0.3) is 0 Å². The standard InChI is InChI=1S/C10H11BrN2O6S/c1-6-8(11)3-7(4-9(6)13(16)17)20(18,19)12(2)5-10(14)15/h3-4H,5H2,1-2H3,(H,14,15). The number of halogens is 1. The van der Waals surface area contributed by atoms with Crippen molar-refractivity contribution in [1.82, 2.24) is 4.31 Å². The predicted octanol–water partition coefficient (Wildman–Crippen LogP) is 1.37. The van der Waals surface area contributed by atoms with Gasteiger partial charge in [0.05, 0.1) is 9.82 Å². The molecule has 0 fully saturated rings. The molecule has 0 aliphatic carbocycles. The first kappa shape index (κ1) is 16.5. The highest BCUT2D eigenvalue weighted by molar-refractivity contribution is 9.10. The molecular weight excluding hydrogens is 356 g/mol. The first-order valence-corrected chi connectivity index (χ1v) is 7.43.